The van der Waals surface area contributed by atoms with Crippen LogP contribution in [0.25, 0.3) is 27.6 Å². The van der Waals surface area contributed by atoms with E-state index in [0.29, 0.717) is 48.4 Å². The van der Waals surface area contributed by atoms with E-state index in [1.807, 2.05) is 44.6 Å². The number of ketones is 1. The molecule has 2 aliphatic carbocycles. The molecule has 380 valence electrons. The highest BCUT2D eigenvalue weighted by Gasteiger charge is 2.61. The molecule has 0 bridgehead atoms. The van der Waals surface area contributed by atoms with Crippen LogP contribution >= 0.6 is 0 Å². The van der Waals surface area contributed by atoms with Crippen molar-refractivity contribution < 1.29 is 23.6 Å². The van der Waals surface area contributed by atoms with Crippen LogP contribution < -0.4 is 15.5 Å². The van der Waals surface area contributed by atoms with E-state index >= 15 is 4.39 Å². The molecule has 6 aliphatic rings. The van der Waals surface area contributed by atoms with Crippen molar-refractivity contribution in [2.45, 2.75) is 122 Å². The molecule has 2 saturated heterocycles. The Morgan fingerprint density at radius 1 is 0.904 bits per heavy atom. The van der Waals surface area contributed by atoms with Gasteiger partial charge in [-0.2, -0.15) is 0 Å². The SMILES string of the molecule is CNc1ccc(-c2ccnc3cc(C)c(C(C)N4CC=C(c5c(C)cc(C(=O)CC6CCC(CN7CCN(Cc8ccc9c(c8)C8(CC8)C(=O)N9C8CCC(=O)NC8=O)C[C@@H]7C)CC6)cc5F)CC4)cc23)cn1. The number of pyridine rings is 2. The Labute approximate surface area is 428 Å². The molecule has 2 aromatic heterocycles. The third kappa shape index (κ3) is 9.53. The number of aryl methyl sites for hydroxylation is 2. The Bertz CT molecular complexity index is 3010. The van der Waals surface area contributed by atoms with Gasteiger partial charge in [-0.05, 0) is 178 Å². The van der Waals surface area contributed by atoms with Crippen LogP contribution in [0.15, 0.2) is 79.1 Å². The van der Waals surface area contributed by atoms with Gasteiger partial charge in [0.15, 0.2) is 5.78 Å². The number of piperazine rings is 1. The third-order valence-corrected chi connectivity index (χ3v) is 17.6. The van der Waals surface area contributed by atoms with Gasteiger partial charge in [-0.15, -0.1) is 0 Å². The molecule has 12 nitrogen and oxygen atoms in total. The van der Waals surface area contributed by atoms with E-state index in [1.165, 1.54) is 22.8 Å². The first-order valence-electron chi connectivity index (χ1n) is 26.8. The molecule has 6 heterocycles. The number of piperidine rings is 1. The summed E-state index contributed by atoms with van der Waals surface area (Å²) in [6.07, 6.45) is 13.6. The second kappa shape index (κ2) is 19.9. The van der Waals surface area contributed by atoms with Crippen LogP contribution in [0.1, 0.15) is 128 Å². The van der Waals surface area contributed by atoms with Gasteiger partial charge in [-0.3, -0.25) is 49.1 Å². The monoisotopic (exact) mass is 985 g/mol. The number of benzene rings is 3. The summed E-state index contributed by atoms with van der Waals surface area (Å²) >= 11 is 0. The lowest BCUT2D eigenvalue weighted by Gasteiger charge is -2.42. The van der Waals surface area contributed by atoms with Crippen LogP contribution in [0.3, 0.4) is 0 Å². The highest BCUT2D eigenvalue weighted by atomic mass is 19.1. The summed E-state index contributed by atoms with van der Waals surface area (Å²) in [6.45, 7) is 15.0. The second-order valence-electron chi connectivity index (χ2n) is 22.2. The number of carbonyl (C=O) groups excluding carboxylic acids is 4. The molecule has 3 aromatic carbocycles. The van der Waals surface area contributed by atoms with Gasteiger partial charge in [0.2, 0.25) is 17.7 Å². The molecule has 3 atom stereocenters. The molecular weight excluding hydrogens is 916 g/mol. The van der Waals surface area contributed by atoms with Gasteiger partial charge in [0.25, 0.3) is 0 Å². The largest absolute Gasteiger partial charge is 0.373 e. The minimum absolute atomic E-state index is 0.00680. The average Bonchev–Trinajstić information content (AvgIpc) is 4.16. The van der Waals surface area contributed by atoms with Crippen LogP contribution in [-0.4, -0.2) is 107 Å². The van der Waals surface area contributed by atoms with Crippen LogP contribution in [0.5, 0.6) is 0 Å². The molecule has 1 spiro atoms. The Morgan fingerprint density at radius 3 is 2.41 bits per heavy atom. The summed E-state index contributed by atoms with van der Waals surface area (Å²) in [5.41, 5.74) is 11.1. The number of hydrogen-bond acceptors (Lipinski definition) is 10. The number of nitrogens with one attached hydrogen (secondary N) is 2. The van der Waals surface area contributed by atoms with Crippen molar-refractivity contribution in [1.29, 1.82) is 0 Å². The van der Waals surface area contributed by atoms with E-state index in [4.69, 9.17) is 4.98 Å². The molecule has 4 aliphatic heterocycles. The summed E-state index contributed by atoms with van der Waals surface area (Å²) in [6, 6.07) is 20.3. The van der Waals surface area contributed by atoms with Crippen LogP contribution in [0.2, 0.25) is 0 Å². The van der Waals surface area contributed by atoms with Gasteiger partial charge in [-0.25, -0.2) is 9.37 Å². The molecule has 4 fully saturated rings. The van der Waals surface area contributed by atoms with E-state index in [2.05, 4.69) is 93.6 Å². The summed E-state index contributed by atoms with van der Waals surface area (Å²) in [7, 11) is 1.87. The van der Waals surface area contributed by atoms with Crippen LogP contribution in [-0.2, 0) is 26.3 Å². The topological polar surface area (TPSA) is 131 Å². The molecule has 2 saturated carbocycles. The number of carbonyl (C=O) groups is 4. The lowest BCUT2D eigenvalue weighted by molar-refractivity contribution is -0.135. The number of anilines is 2. The predicted octanol–water partition coefficient (Wildman–Crippen LogP) is 9.71. The van der Waals surface area contributed by atoms with Gasteiger partial charge in [0, 0.05) is 118 Å². The standard InChI is InChI=1S/C60H69FN8O4/c1-36-27-51-48(46(16-21-63-51)44-11-14-55(62-5)64-32-44)31-47(36)39(4)67-22-17-43(18-23-67)57-37(2)26-45(30-50(57)61)54(70)29-40-6-8-41(9-7-40)35-68-25-24-66(33-38(68)3)34-42-10-12-52-49(28-42)60(19-20-60)59(73)69(52)53-13-15-56(71)65-58(53)72/h10-12,14,16-17,21,26-28,30-32,38-41,53H,6-9,13,15,18-20,22-25,29,33-35H2,1-5H3,(H,62,64)(H,65,71,72)/t38-,39?,40?,41?,53?/m0/s1. The Morgan fingerprint density at radius 2 is 1.71 bits per heavy atom. The van der Waals surface area contributed by atoms with E-state index in [1.54, 1.807) is 4.90 Å². The molecule has 73 heavy (non-hydrogen) atoms. The Balaban J connectivity index is 0.655. The Kier molecular flexibility index (Phi) is 13.4. The summed E-state index contributed by atoms with van der Waals surface area (Å²) in [4.78, 5) is 70.7. The zero-order chi connectivity index (χ0) is 50.7. The van der Waals surface area contributed by atoms with Gasteiger partial charge in [0.1, 0.15) is 17.7 Å². The first-order valence-corrected chi connectivity index (χ1v) is 26.8. The van der Waals surface area contributed by atoms with E-state index < -0.39 is 11.5 Å². The molecule has 11 rings (SSSR count). The van der Waals surface area contributed by atoms with Crippen LogP contribution in [0.4, 0.5) is 15.9 Å². The van der Waals surface area contributed by atoms with Gasteiger partial charge in [-0.1, -0.05) is 18.2 Å². The number of rotatable bonds is 13. The number of nitrogens with zero attached hydrogens (tertiary/aromatic N) is 6. The van der Waals surface area contributed by atoms with Gasteiger partial charge < -0.3 is 5.32 Å². The number of Topliss-reactive ketones (excluding diaryl/α,β-unsaturated/α-hetero) is 1. The molecule has 5 aromatic rings. The Hall–Kier alpha value is -6.15. The maximum atomic E-state index is 16.1. The minimum atomic E-state index is -0.636. The molecule has 2 N–H and O–H groups in total. The van der Waals surface area contributed by atoms with E-state index in [-0.39, 0.29) is 41.8 Å². The van der Waals surface area contributed by atoms with Crippen molar-refractivity contribution in [2.24, 2.45) is 11.8 Å². The minimum Gasteiger partial charge on any atom is -0.373 e. The number of fused-ring (bicyclic) bond motifs is 3. The first-order chi connectivity index (χ1) is 35.3. The van der Waals surface area contributed by atoms with Gasteiger partial charge in [0.05, 0.1) is 10.9 Å². The fourth-order valence-corrected chi connectivity index (χ4v) is 13.1. The normalized spacial score (nSPS) is 23.9. The van der Waals surface area contributed by atoms with Crippen molar-refractivity contribution in [3.05, 3.63) is 124 Å². The van der Waals surface area contributed by atoms with Crippen molar-refractivity contribution in [2.75, 3.05) is 56.5 Å². The molecule has 0 radical (unpaired) electrons. The zero-order valence-corrected chi connectivity index (χ0v) is 43.1. The molecular formula is C60H69FN8O4. The van der Waals surface area contributed by atoms with Gasteiger partial charge >= 0.3 is 0 Å². The maximum absolute atomic E-state index is 16.1. The highest BCUT2D eigenvalue weighted by molar-refractivity contribution is 6.15. The first kappa shape index (κ1) is 49.1. The maximum Gasteiger partial charge on any atom is 0.249 e. The zero-order valence-electron chi connectivity index (χ0n) is 43.1. The van der Waals surface area contributed by atoms with Crippen molar-refractivity contribution in [3.8, 4) is 11.1 Å². The molecule has 13 heteroatoms. The van der Waals surface area contributed by atoms with Crippen LogP contribution in [0, 0.1) is 31.5 Å². The fourth-order valence-electron chi connectivity index (χ4n) is 13.1. The quantitative estimate of drug-likeness (QED) is 0.0869. The van der Waals surface area contributed by atoms with Crippen molar-refractivity contribution in [3.63, 3.8) is 0 Å². The summed E-state index contributed by atoms with van der Waals surface area (Å²) in [5.74, 6) is 0.845. The average molecular weight is 985 g/mol. The lowest BCUT2D eigenvalue weighted by atomic mass is 9.78. The predicted molar refractivity (Wildman–Crippen MR) is 285 cm³/mol. The number of imide groups is 1. The van der Waals surface area contributed by atoms with E-state index in [9.17, 15) is 19.2 Å². The fraction of sp³-hybridized carbons (Fsp3) is 0.467. The molecule has 2 unspecified atom stereocenters. The number of amides is 3. The molecule has 3 amide bonds. The van der Waals surface area contributed by atoms with Crippen molar-refractivity contribution in [1.82, 2.24) is 30.0 Å². The lowest BCUT2D eigenvalue weighted by Crippen LogP contribution is -2.54. The number of hydrogen-bond donors (Lipinski definition) is 2. The highest BCUT2D eigenvalue weighted by Crippen LogP contribution is 2.58. The van der Waals surface area contributed by atoms with E-state index in [0.717, 1.165) is 134 Å². The summed E-state index contributed by atoms with van der Waals surface area (Å²) in [5, 5.41) is 6.63. The second-order valence-corrected chi connectivity index (χ2v) is 22.2. The number of halogens is 1. The number of aromatic nitrogens is 2. The van der Waals surface area contributed by atoms with Crippen molar-refractivity contribution >= 4 is 51.5 Å². The summed E-state index contributed by atoms with van der Waals surface area (Å²) < 4.78 is 16.1. The third-order valence-electron chi connectivity index (χ3n) is 17.6. The smallest absolute Gasteiger partial charge is 0.249 e.